The summed E-state index contributed by atoms with van der Waals surface area (Å²) < 4.78 is 27.2. The minimum Gasteiger partial charge on any atom is -0.352 e. The van der Waals surface area contributed by atoms with E-state index in [1.165, 1.54) is 25.3 Å². The molecule has 2 rings (SSSR count). The molecule has 0 bridgehead atoms. The lowest BCUT2D eigenvalue weighted by Crippen LogP contribution is -2.25. The van der Waals surface area contributed by atoms with Crippen molar-refractivity contribution in [1.29, 1.82) is 0 Å². The number of sulfonamides is 1. The van der Waals surface area contributed by atoms with Crippen molar-refractivity contribution >= 4 is 15.9 Å². The second-order valence-electron chi connectivity index (χ2n) is 5.81. The molecule has 2 N–H and O–H groups in total. The largest absolute Gasteiger partial charge is 0.352 e. The molecule has 0 aliphatic heterocycles. The van der Waals surface area contributed by atoms with Gasteiger partial charge in [-0.05, 0) is 49.8 Å². The lowest BCUT2D eigenvalue weighted by molar-refractivity contribution is -0.119. The Morgan fingerprint density at radius 3 is 2.52 bits per heavy atom. The summed E-state index contributed by atoms with van der Waals surface area (Å²) in [6, 6.07) is 6.57. The van der Waals surface area contributed by atoms with Gasteiger partial charge in [0.1, 0.15) is 0 Å². The molecule has 1 amide bonds. The summed E-state index contributed by atoms with van der Waals surface area (Å²) in [5.74, 6) is -0.111. The van der Waals surface area contributed by atoms with Crippen LogP contribution in [0.5, 0.6) is 0 Å². The molecule has 6 heteroatoms. The van der Waals surface area contributed by atoms with Crippen LogP contribution in [-0.2, 0) is 21.4 Å². The van der Waals surface area contributed by atoms with Crippen LogP contribution < -0.4 is 10.0 Å². The van der Waals surface area contributed by atoms with Crippen molar-refractivity contribution in [1.82, 2.24) is 10.0 Å². The van der Waals surface area contributed by atoms with Crippen LogP contribution in [-0.4, -0.2) is 20.9 Å². The van der Waals surface area contributed by atoms with Crippen LogP contribution in [0.25, 0.3) is 0 Å². The standard InChI is InChI=1S/C17H24N2O3S/c1-14(20)18-13-16-7-9-17(10-8-16)23(21,22)19-12-11-15-5-3-2-4-6-15/h5,7-10,19H,2-4,6,11-13H2,1H3,(H,18,20). The fourth-order valence-electron chi connectivity index (χ4n) is 2.57. The van der Waals surface area contributed by atoms with Crippen LogP contribution in [0, 0.1) is 0 Å². The molecule has 5 nitrogen and oxygen atoms in total. The molecule has 1 aromatic carbocycles. The number of benzene rings is 1. The Hall–Kier alpha value is -1.66. The third-order valence-corrected chi connectivity index (χ3v) is 5.38. The molecule has 23 heavy (non-hydrogen) atoms. The predicted octanol–water partition coefficient (Wildman–Crippen LogP) is 2.49. The van der Waals surface area contributed by atoms with E-state index in [1.54, 1.807) is 24.3 Å². The van der Waals surface area contributed by atoms with E-state index in [-0.39, 0.29) is 10.8 Å². The van der Waals surface area contributed by atoms with E-state index in [0.29, 0.717) is 13.1 Å². The Kier molecular flexibility index (Phi) is 6.36. The van der Waals surface area contributed by atoms with Crippen LogP contribution in [0.1, 0.15) is 44.6 Å². The average Bonchev–Trinajstić information content (AvgIpc) is 2.54. The van der Waals surface area contributed by atoms with Gasteiger partial charge < -0.3 is 5.32 Å². The maximum Gasteiger partial charge on any atom is 0.240 e. The molecule has 126 valence electrons. The van der Waals surface area contributed by atoms with Gasteiger partial charge >= 0.3 is 0 Å². The van der Waals surface area contributed by atoms with Crippen molar-refractivity contribution < 1.29 is 13.2 Å². The molecule has 0 heterocycles. The zero-order valence-electron chi connectivity index (χ0n) is 13.5. The summed E-state index contributed by atoms with van der Waals surface area (Å²) in [5, 5.41) is 2.68. The number of hydrogen-bond donors (Lipinski definition) is 2. The number of amides is 1. The van der Waals surface area contributed by atoms with Crippen LogP contribution in [0.4, 0.5) is 0 Å². The Balaban J connectivity index is 1.88. The van der Waals surface area contributed by atoms with Gasteiger partial charge in [0.05, 0.1) is 4.90 Å². The molecule has 1 aliphatic rings. The maximum absolute atomic E-state index is 12.3. The van der Waals surface area contributed by atoms with Gasteiger partial charge in [-0.15, -0.1) is 0 Å². The Morgan fingerprint density at radius 1 is 1.17 bits per heavy atom. The molecule has 0 fully saturated rings. The lowest BCUT2D eigenvalue weighted by atomic mass is 9.97. The van der Waals surface area contributed by atoms with Crippen molar-refractivity contribution in [2.45, 2.75) is 50.5 Å². The summed E-state index contributed by atoms with van der Waals surface area (Å²) in [6.45, 7) is 2.28. The maximum atomic E-state index is 12.3. The number of rotatable bonds is 7. The fraction of sp³-hybridized carbons (Fsp3) is 0.471. The minimum absolute atomic E-state index is 0.111. The van der Waals surface area contributed by atoms with Gasteiger partial charge in [0.25, 0.3) is 0 Å². The van der Waals surface area contributed by atoms with Gasteiger partial charge in [0.2, 0.25) is 15.9 Å². The molecule has 1 aliphatic carbocycles. The molecule has 0 radical (unpaired) electrons. The van der Waals surface area contributed by atoms with Crippen LogP contribution in [0.2, 0.25) is 0 Å². The summed E-state index contributed by atoms with van der Waals surface area (Å²) in [6.07, 6.45) is 7.64. The topological polar surface area (TPSA) is 75.3 Å². The average molecular weight is 336 g/mol. The zero-order valence-corrected chi connectivity index (χ0v) is 14.3. The first-order chi connectivity index (χ1) is 11.0. The highest BCUT2D eigenvalue weighted by Crippen LogP contribution is 2.19. The molecule has 0 saturated carbocycles. The quantitative estimate of drug-likeness (QED) is 0.751. The number of carbonyl (C=O) groups excluding carboxylic acids is 1. The van der Waals surface area contributed by atoms with E-state index in [1.807, 2.05) is 0 Å². The number of allylic oxidation sites excluding steroid dienone is 1. The fourth-order valence-corrected chi connectivity index (χ4v) is 3.61. The second-order valence-corrected chi connectivity index (χ2v) is 7.58. The minimum atomic E-state index is -3.47. The summed E-state index contributed by atoms with van der Waals surface area (Å²) in [4.78, 5) is 11.1. The van der Waals surface area contributed by atoms with Crippen molar-refractivity contribution in [2.75, 3.05) is 6.54 Å². The predicted molar refractivity (Wildman–Crippen MR) is 90.3 cm³/mol. The van der Waals surface area contributed by atoms with E-state index in [9.17, 15) is 13.2 Å². The molecule has 0 aromatic heterocycles. The van der Waals surface area contributed by atoms with Gasteiger partial charge in [-0.3, -0.25) is 4.79 Å². The lowest BCUT2D eigenvalue weighted by Gasteiger charge is -2.13. The van der Waals surface area contributed by atoms with E-state index in [2.05, 4.69) is 16.1 Å². The van der Waals surface area contributed by atoms with E-state index < -0.39 is 10.0 Å². The first-order valence-electron chi connectivity index (χ1n) is 7.98. The van der Waals surface area contributed by atoms with Crippen molar-refractivity contribution in [3.05, 3.63) is 41.5 Å². The van der Waals surface area contributed by atoms with Gasteiger partial charge in [0, 0.05) is 20.0 Å². The molecular weight excluding hydrogens is 312 g/mol. The highest BCUT2D eigenvalue weighted by atomic mass is 32.2. The van der Waals surface area contributed by atoms with Crippen molar-refractivity contribution in [3.8, 4) is 0 Å². The molecular formula is C17H24N2O3S. The Morgan fingerprint density at radius 2 is 1.91 bits per heavy atom. The normalized spacial score (nSPS) is 15.1. The smallest absolute Gasteiger partial charge is 0.240 e. The molecule has 0 unspecified atom stereocenters. The highest BCUT2D eigenvalue weighted by molar-refractivity contribution is 7.89. The number of hydrogen-bond acceptors (Lipinski definition) is 3. The Labute approximate surface area is 138 Å². The van der Waals surface area contributed by atoms with Gasteiger partial charge in [-0.25, -0.2) is 13.1 Å². The molecule has 0 spiro atoms. The summed E-state index contributed by atoms with van der Waals surface area (Å²) in [5.41, 5.74) is 2.22. The van der Waals surface area contributed by atoms with Gasteiger partial charge in [0.15, 0.2) is 0 Å². The zero-order chi connectivity index (χ0) is 16.7. The highest BCUT2D eigenvalue weighted by Gasteiger charge is 2.13. The molecule has 0 atom stereocenters. The van der Waals surface area contributed by atoms with Gasteiger partial charge in [-0.1, -0.05) is 23.8 Å². The summed E-state index contributed by atoms with van der Waals surface area (Å²) >= 11 is 0. The van der Waals surface area contributed by atoms with Crippen molar-refractivity contribution in [2.24, 2.45) is 0 Å². The SMILES string of the molecule is CC(=O)NCc1ccc(S(=O)(=O)NCCC2=CCCCC2)cc1. The second kappa shape index (κ2) is 8.26. The number of nitrogens with one attached hydrogen (secondary N) is 2. The van der Waals surface area contributed by atoms with E-state index >= 15 is 0 Å². The Bertz CT molecular complexity index is 664. The van der Waals surface area contributed by atoms with E-state index in [4.69, 9.17) is 0 Å². The van der Waals surface area contributed by atoms with Crippen LogP contribution in [0.3, 0.4) is 0 Å². The monoisotopic (exact) mass is 336 g/mol. The molecule has 1 aromatic rings. The third-order valence-electron chi connectivity index (χ3n) is 3.90. The first-order valence-corrected chi connectivity index (χ1v) is 9.46. The molecule has 0 saturated heterocycles. The van der Waals surface area contributed by atoms with Crippen LogP contribution in [0.15, 0.2) is 40.8 Å². The number of carbonyl (C=O) groups is 1. The van der Waals surface area contributed by atoms with Crippen molar-refractivity contribution in [3.63, 3.8) is 0 Å². The summed E-state index contributed by atoms with van der Waals surface area (Å²) in [7, 11) is -3.47. The van der Waals surface area contributed by atoms with E-state index in [0.717, 1.165) is 24.8 Å². The van der Waals surface area contributed by atoms with Crippen LogP contribution >= 0.6 is 0 Å². The van der Waals surface area contributed by atoms with Gasteiger partial charge in [-0.2, -0.15) is 0 Å². The first kappa shape index (κ1) is 17.7. The third kappa shape index (κ3) is 5.80.